The van der Waals surface area contributed by atoms with E-state index in [9.17, 15) is 4.79 Å². The number of carbonyl (C=O) groups excluding carboxylic acids is 1. The minimum atomic E-state index is 0. The van der Waals surface area contributed by atoms with Gasteiger partial charge in [-0.05, 0) is 67.5 Å². The van der Waals surface area contributed by atoms with Gasteiger partial charge in [0.05, 0.1) is 13.1 Å². The summed E-state index contributed by atoms with van der Waals surface area (Å²) in [5, 5.41) is 0.716. The third kappa shape index (κ3) is 5.79. The maximum Gasteiger partial charge on any atom is 0.254 e. The second-order valence-corrected chi connectivity index (χ2v) is 8.32. The molecule has 6 heteroatoms. The van der Waals surface area contributed by atoms with Gasteiger partial charge in [0.15, 0.2) is 0 Å². The zero-order valence-electron chi connectivity index (χ0n) is 17.7. The number of carbonyl (C=O) groups is 1. The molecule has 4 rings (SSSR count). The average molecular weight is 457 g/mol. The lowest BCUT2D eigenvalue weighted by Gasteiger charge is -2.26. The van der Waals surface area contributed by atoms with E-state index in [4.69, 9.17) is 16.0 Å². The van der Waals surface area contributed by atoms with E-state index in [1.807, 2.05) is 79.7 Å². The first-order chi connectivity index (χ1) is 14.5. The molecule has 1 amide bonds. The first-order valence-electron chi connectivity index (χ1n) is 10.1. The Balaban J connectivity index is 0.00000272. The summed E-state index contributed by atoms with van der Waals surface area (Å²) in [5.41, 5.74) is 3.99. The van der Waals surface area contributed by atoms with E-state index < -0.39 is 0 Å². The van der Waals surface area contributed by atoms with Gasteiger partial charge >= 0.3 is 0 Å². The summed E-state index contributed by atoms with van der Waals surface area (Å²) in [6.45, 7) is 2.01. The molecule has 3 aromatic rings. The van der Waals surface area contributed by atoms with Crippen molar-refractivity contribution in [1.29, 1.82) is 0 Å². The molecule has 0 radical (unpaired) electrons. The Labute approximate surface area is 194 Å². The largest absolute Gasteiger partial charge is 0.463 e. The lowest BCUT2D eigenvalue weighted by molar-refractivity contribution is 0.0718. The fourth-order valence-corrected chi connectivity index (χ4v) is 3.87. The number of rotatable bonds is 5. The molecule has 0 spiro atoms. The second-order valence-electron chi connectivity index (χ2n) is 7.89. The fourth-order valence-electron chi connectivity index (χ4n) is 3.67. The van der Waals surface area contributed by atoms with E-state index in [0.717, 1.165) is 35.6 Å². The van der Waals surface area contributed by atoms with Crippen LogP contribution < -0.4 is 0 Å². The molecule has 2 heterocycles. The lowest BCUT2D eigenvalue weighted by atomic mass is 10.1. The number of furan rings is 1. The molecule has 0 atom stereocenters. The first kappa shape index (κ1) is 23.1. The van der Waals surface area contributed by atoms with Crippen LogP contribution in [-0.4, -0.2) is 36.3 Å². The predicted octanol–water partition coefficient (Wildman–Crippen LogP) is 5.79. The number of amides is 1. The van der Waals surface area contributed by atoms with Gasteiger partial charge in [0.25, 0.3) is 5.91 Å². The van der Waals surface area contributed by atoms with Crippen molar-refractivity contribution in [1.82, 2.24) is 9.80 Å². The van der Waals surface area contributed by atoms with Gasteiger partial charge < -0.3 is 14.2 Å². The second kappa shape index (κ2) is 10.2. The molecule has 4 nitrogen and oxygen atoms in total. The summed E-state index contributed by atoms with van der Waals surface area (Å²) in [7, 11) is 4.04. The third-order valence-electron chi connectivity index (χ3n) is 5.17. The molecule has 0 fully saturated rings. The number of benzene rings is 2. The summed E-state index contributed by atoms with van der Waals surface area (Å²) in [4.78, 5) is 16.9. The molecule has 31 heavy (non-hydrogen) atoms. The maximum absolute atomic E-state index is 13.0. The third-order valence-corrected chi connectivity index (χ3v) is 5.40. The van der Waals surface area contributed by atoms with Crippen LogP contribution in [0.4, 0.5) is 0 Å². The molecule has 1 aliphatic heterocycles. The number of hydrogen-bond acceptors (Lipinski definition) is 3. The lowest BCUT2D eigenvalue weighted by Crippen LogP contribution is -2.35. The highest BCUT2D eigenvalue weighted by Gasteiger charge is 2.25. The first-order valence-corrected chi connectivity index (χ1v) is 10.4. The minimum absolute atomic E-state index is 0. The van der Waals surface area contributed by atoms with Crippen molar-refractivity contribution < 1.29 is 9.21 Å². The van der Waals surface area contributed by atoms with Gasteiger partial charge in [-0.2, -0.15) is 0 Å². The van der Waals surface area contributed by atoms with Gasteiger partial charge in [-0.15, -0.1) is 12.4 Å². The summed E-state index contributed by atoms with van der Waals surface area (Å²) in [6.07, 6.45) is 4.86. The van der Waals surface area contributed by atoms with Crippen molar-refractivity contribution in [2.24, 2.45) is 0 Å². The predicted molar refractivity (Wildman–Crippen MR) is 129 cm³/mol. The molecule has 0 bridgehead atoms. The minimum Gasteiger partial charge on any atom is -0.463 e. The van der Waals surface area contributed by atoms with Crippen LogP contribution in [0.25, 0.3) is 12.2 Å². The van der Waals surface area contributed by atoms with Crippen LogP contribution in [0, 0.1) is 0 Å². The maximum atomic E-state index is 13.0. The monoisotopic (exact) mass is 456 g/mol. The standard InChI is InChI=1S/C25H25ClN2O2.ClH/c1-27(2)16-23-15-21-12-13-28(17-24(21)30-23)25(29)20-10-8-18(9-11-20)6-7-19-4-3-5-22(26)14-19;/h3-11,14-15H,12-13,16-17H2,1-2H3;1H. The van der Waals surface area contributed by atoms with Crippen molar-refractivity contribution in [3.05, 3.63) is 93.4 Å². The molecule has 1 aromatic heterocycles. The van der Waals surface area contributed by atoms with Crippen LogP contribution >= 0.6 is 24.0 Å². The number of hydrogen-bond donors (Lipinski definition) is 0. The van der Waals surface area contributed by atoms with Crippen LogP contribution in [-0.2, 0) is 19.5 Å². The highest BCUT2D eigenvalue weighted by molar-refractivity contribution is 6.30. The topological polar surface area (TPSA) is 36.7 Å². The Morgan fingerprint density at radius 2 is 1.84 bits per heavy atom. The van der Waals surface area contributed by atoms with E-state index in [-0.39, 0.29) is 18.3 Å². The SMILES string of the molecule is CN(C)Cc1cc2c(o1)CN(C(=O)c1ccc(C=Cc3cccc(Cl)c3)cc1)CC2.Cl. The van der Waals surface area contributed by atoms with E-state index in [0.29, 0.717) is 23.7 Å². The number of nitrogens with zero attached hydrogens (tertiary/aromatic N) is 2. The van der Waals surface area contributed by atoms with Gasteiger partial charge in [0.2, 0.25) is 0 Å². The van der Waals surface area contributed by atoms with Crippen molar-refractivity contribution in [2.75, 3.05) is 20.6 Å². The van der Waals surface area contributed by atoms with Gasteiger partial charge in [-0.3, -0.25) is 4.79 Å². The Morgan fingerprint density at radius 1 is 1.10 bits per heavy atom. The molecular weight excluding hydrogens is 431 g/mol. The smallest absolute Gasteiger partial charge is 0.254 e. The molecule has 0 saturated heterocycles. The van der Waals surface area contributed by atoms with Crippen LogP contribution in [0.3, 0.4) is 0 Å². The zero-order chi connectivity index (χ0) is 21.1. The van der Waals surface area contributed by atoms with Gasteiger partial charge in [-0.25, -0.2) is 0 Å². The van der Waals surface area contributed by atoms with Gasteiger partial charge in [0.1, 0.15) is 11.5 Å². The van der Waals surface area contributed by atoms with Crippen LogP contribution in [0.1, 0.15) is 38.6 Å². The summed E-state index contributed by atoms with van der Waals surface area (Å²) < 4.78 is 5.98. The van der Waals surface area contributed by atoms with Crippen LogP contribution in [0.5, 0.6) is 0 Å². The van der Waals surface area contributed by atoms with E-state index >= 15 is 0 Å². The van der Waals surface area contributed by atoms with Crippen molar-refractivity contribution in [3.8, 4) is 0 Å². The normalized spacial score (nSPS) is 13.4. The Bertz CT molecular complexity index is 1070. The molecule has 0 unspecified atom stereocenters. The molecule has 2 aromatic carbocycles. The zero-order valence-corrected chi connectivity index (χ0v) is 19.2. The Hall–Kier alpha value is -2.53. The highest BCUT2D eigenvalue weighted by atomic mass is 35.5. The molecular formula is C25H26Cl2N2O2. The van der Waals surface area contributed by atoms with E-state index in [1.165, 1.54) is 5.56 Å². The highest BCUT2D eigenvalue weighted by Crippen LogP contribution is 2.25. The number of fused-ring (bicyclic) bond motifs is 1. The Kier molecular flexibility index (Phi) is 7.60. The van der Waals surface area contributed by atoms with Crippen LogP contribution in [0.15, 0.2) is 59.0 Å². The fraction of sp³-hybridized carbons (Fsp3) is 0.240. The van der Waals surface area contributed by atoms with Crippen molar-refractivity contribution in [3.63, 3.8) is 0 Å². The molecule has 1 aliphatic rings. The molecule has 162 valence electrons. The number of halogens is 2. The van der Waals surface area contributed by atoms with Gasteiger partial charge in [-0.1, -0.05) is 48.0 Å². The van der Waals surface area contributed by atoms with Crippen molar-refractivity contribution in [2.45, 2.75) is 19.5 Å². The summed E-state index contributed by atoms with van der Waals surface area (Å²) in [5.74, 6) is 1.90. The summed E-state index contributed by atoms with van der Waals surface area (Å²) >= 11 is 6.03. The summed E-state index contributed by atoms with van der Waals surface area (Å²) in [6, 6.07) is 17.5. The molecule has 0 N–H and O–H groups in total. The molecule has 0 saturated carbocycles. The average Bonchev–Trinajstić information content (AvgIpc) is 3.13. The quantitative estimate of drug-likeness (QED) is 0.456. The molecule has 0 aliphatic carbocycles. The van der Waals surface area contributed by atoms with E-state index in [1.54, 1.807) is 0 Å². The van der Waals surface area contributed by atoms with Gasteiger partial charge in [0, 0.05) is 17.1 Å². The Morgan fingerprint density at radius 3 is 2.55 bits per heavy atom. The van der Waals surface area contributed by atoms with Crippen LogP contribution in [0.2, 0.25) is 5.02 Å². The van der Waals surface area contributed by atoms with E-state index in [2.05, 4.69) is 11.0 Å². The van der Waals surface area contributed by atoms with Crippen molar-refractivity contribution >= 4 is 42.1 Å².